The average Bonchev–Trinajstić information content (AvgIpc) is 2.41. The highest BCUT2D eigenvalue weighted by Crippen LogP contribution is 2.25. The van der Waals surface area contributed by atoms with E-state index in [0.717, 1.165) is 37.4 Å². The third-order valence-corrected chi connectivity index (χ3v) is 3.64. The molecule has 4 heteroatoms. The van der Waals surface area contributed by atoms with E-state index in [2.05, 4.69) is 35.2 Å². The van der Waals surface area contributed by atoms with E-state index in [1.54, 1.807) is 6.20 Å². The largest absolute Gasteiger partial charge is 0.474 e. The molecule has 1 fully saturated rings. The Morgan fingerprint density at radius 2 is 2.17 bits per heavy atom. The lowest BCUT2D eigenvalue weighted by Crippen LogP contribution is -2.36. The molecule has 0 bridgehead atoms. The fourth-order valence-electron chi connectivity index (χ4n) is 2.25. The van der Waals surface area contributed by atoms with Crippen LogP contribution in [0.3, 0.4) is 0 Å². The Bertz CT molecular complexity index is 375. The molecular formula is C14H23N3O. The number of hydrogen-bond acceptors (Lipinski definition) is 4. The number of ether oxygens (including phenoxy) is 1. The van der Waals surface area contributed by atoms with Crippen LogP contribution in [0.15, 0.2) is 18.3 Å². The van der Waals surface area contributed by atoms with Crippen LogP contribution in [0.5, 0.6) is 5.88 Å². The first kappa shape index (κ1) is 13.3. The summed E-state index contributed by atoms with van der Waals surface area (Å²) in [4.78, 5) is 6.73. The van der Waals surface area contributed by atoms with E-state index in [-0.39, 0.29) is 6.04 Å². The van der Waals surface area contributed by atoms with Gasteiger partial charge in [-0.3, -0.25) is 0 Å². The first-order valence-corrected chi connectivity index (χ1v) is 6.68. The summed E-state index contributed by atoms with van der Waals surface area (Å²) in [5.74, 6) is 0.786. The smallest absolute Gasteiger partial charge is 0.218 e. The topological polar surface area (TPSA) is 37.4 Å². The Labute approximate surface area is 109 Å². The molecule has 18 heavy (non-hydrogen) atoms. The third-order valence-electron chi connectivity index (χ3n) is 3.64. The Hall–Kier alpha value is -1.13. The molecule has 0 saturated carbocycles. The second kappa shape index (κ2) is 6.16. The van der Waals surface area contributed by atoms with Crippen molar-refractivity contribution >= 4 is 0 Å². The molecule has 1 saturated heterocycles. The minimum Gasteiger partial charge on any atom is -0.474 e. The lowest BCUT2D eigenvalue weighted by molar-refractivity contribution is 0.108. The normalized spacial score (nSPS) is 19.7. The highest BCUT2D eigenvalue weighted by atomic mass is 16.5. The fourth-order valence-corrected chi connectivity index (χ4v) is 2.25. The van der Waals surface area contributed by atoms with Gasteiger partial charge in [0.05, 0.1) is 0 Å². The van der Waals surface area contributed by atoms with Gasteiger partial charge >= 0.3 is 0 Å². The summed E-state index contributed by atoms with van der Waals surface area (Å²) in [6.07, 6.45) is 4.27. The minimum atomic E-state index is 0.264. The maximum Gasteiger partial charge on any atom is 0.218 e. The van der Waals surface area contributed by atoms with Crippen molar-refractivity contribution in [3.05, 3.63) is 23.9 Å². The second-order valence-corrected chi connectivity index (χ2v) is 5.03. The molecule has 0 radical (unpaired) electrons. The van der Waals surface area contributed by atoms with Crippen molar-refractivity contribution in [2.75, 3.05) is 27.2 Å². The molecule has 1 aromatic rings. The van der Waals surface area contributed by atoms with Crippen LogP contribution in [0, 0.1) is 0 Å². The lowest BCUT2D eigenvalue weighted by Gasteiger charge is -2.29. The SMILES string of the molecule is CNC(C)c1cccnc1OC1CCN(C)CC1. The zero-order chi connectivity index (χ0) is 13.0. The summed E-state index contributed by atoms with van der Waals surface area (Å²) in [6, 6.07) is 4.31. The van der Waals surface area contributed by atoms with E-state index in [4.69, 9.17) is 4.74 Å². The Kier molecular flexibility index (Phi) is 4.55. The van der Waals surface area contributed by atoms with E-state index in [9.17, 15) is 0 Å². The summed E-state index contributed by atoms with van der Waals surface area (Å²) in [5, 5.41) is 3.24. The van der Waals surface area contributed by atoms with Crippen molar-refractivity contribution in [1.82, 2.24) is 15.2 Å². The van der Waals surface area contributed by atoms with Crippen LogP contribution < -0.4 is 10.1 Å². The maximum absolute atomic E-state index is 6.08. The number of piperidine rings is 1. The van der Waals surface area contributed by atoms with Crippen LogP contribution >= 0.6 is 0 Å². The fraction of sp³-hybridized carbons (Fsp3) is 0.643. The molecule has 0 aromatic carbocycles. The second-order valence-electron chi connectivity index (χ2n) is 5.03. The minimum absolute atomic E-state index is 0.264. The van der Waals surface area contributed by atoms with Gasteiger partial charge in [0.15, 0.2) is 0 Å². The highest BCUT2D eigenvalue weighted by Gasteiger charge is 2.20. The van der Waals surface area contributed by atoms with Gasteiger partial charge in [-0.05, 0) is 39.9 Å². The number of rotatable bonds is 4. The predicted molar refractivity (Wildman–Crippen MR) is 72.9 cm³/mol. The molecule has 2 rings (SSSR count). The Balaban J connectivity index is 2.04. The zero-order valence-corrected chi connectivity index (χ0v) is 11.5. The highest BCUT2D eigenvalue weighted by molar-refractivity contribution is 5.28. The van der Waals surface area contributed by atoms with Crippen molar-refractivity contribution in [2.24, 2.45) is 0 Å². The van der Waals surface area contributed by atoms with Gasteiger partial charge in [0.1, 0.15) is 6.10 Å². The van der Waals surface area contributed by atoms with Crippen LogP contribution in [0.25, 0.3) is 0 Å². The quantitative estimate of drug-likeness (QED) is 0.883. The molecule has 4 nitrogen and oxygen atoms in total. The summed E-state index contributed by atoms with van der Waals surface area (Å²) < 4.78 is 6.08. The van der Waals surface area contributed by atoms with E-state index in [1.807, 2.05) is 13.1 Å². The number of nitrogens with one attached hydrogen (secondary N) is 1. The lowest BCUT2D eigenvalue weighted by atomic mass is 10.1. The number of likely N-dealkylation sites (tertiary alicyclic amines) is 1. The molecule has 1 aliphatic rings. The van der Waals surface area contributed by atoms with Crippen molar-refractivity contribution in [2.45, 2.75) is 31.9 Å². The first-order chi connectivity index (χ1) is 8.70. The van der Waals surface area contributed by atoms with Gasteiger partial charge in [-0.2, -0.15) is 0 Å². The molecule has 1 atom stereocenters. The van der Waals surface area contributed by atoms with E-state index in [0.29, 0.717) is 6.10 Å². The number of hydrogen-bond donors (Lipinski definition) is 1. The summed E-state index contributed by atoms with van der Waals surface area (Å²) in [5.41, 5.74) is 1.14. The molecular weight excluding hydrogens is 226 g/mol. The summed E-state index contributed by atoms with van der Waals surface area (Å²) in [7, 11) is 4.11. The molecule has 0 amide bonds. The third kappa shape index (κ3) is 3.21. The molecule has 1 N–H and O–H groups in total. The summed E-state index contributed by atoms with van der Waals surface area (Å²) >= 11 is 0. The standard InChI is InChI=1S/C14H23N3O/c1-11(15-2)13-5-4-8-16-14(13)18-12-6-9-17(3)10-7-12/h4-5,8,11-12,15H,6-7,9-10H2,1-3H3. The Morgan fingerprint density at radius 3 is 2.83 bits per heavy atom. The predicted octanol–water partition coefficient (Wildman–Crippen LogP) is 1.83. The number of nitrogens with zero attached hydrogens (tertiary/aromatic N) is 2. The van der Waals surface area contributed by atoms with Gasteiger partial charge in [0, 0.05) is 30.9 Å². The molecule has 0 spiro atoms. The van der Waals surface area contributed by atoms with Gasteiger partial charge in [-0.1, -0.05) is 6.07 Å². The van der Waals surface area contributed by atoms with E-state index < -0.39 is 0 Å². The van der Waals surface area contributed by atoms with Gasteiger partial charge in [0.25, 0.3) is 0 Å². The van der Waals surface area contributed by atoms with Crippen LogP contribution in [0.1, 0.15) is 31.4 Å². The molecule has 1 aliphatic heterocycles. The molecule has 100 valence electrons. The first-order valence-electron chi connectivity index (χ1n) is 6.68. The monoisotopic (exact) mass is 249 g/mol. The van der Waals surface area contributed by atoms with Crippen LogP contribution in [0.4, 0.5) is 0 Å². The number of pyridine rings is 1. The van der Waals surface area contributed by atoms with Gasteiger partial charge in [-0.15, -0.1) is 0 Å². The van der Waals surface area contributed by atoms with Crippen molar-refractivity contribution in [3.63, 3.8) is 0 Å². The van der Waals surface area contributed by atoms with E-state index in [1.165, 1.54) is 0 Å². The van der Waals surface area contributed by atoms with Crippen molar-refractivity contribution < 1.29 is 4.74 Å². The van der Waals surface area contributed by atoms with Gasteiger partial charge in [0.2, 0.25) is 5.88 Å². The van der Waals surface area contributed by atoms with Crippen LogP contribution in [-0.4, -0.2) is 43.2 Å². The molecule has 1 aromatic heterocycles. The molecule has 2 heterocycles. The maximum atomic E-state index is 6.08. The van der Waals surface area contributed by atoms with Crippen molar-refractivity contribution in [1.29, 1.82) is 0 Å². The van der Waals surface area contributed by atoms with Gasteiger partial charge < -0.3 is 15.0 Å². The Morgan fingerprint density at radius 1 is 1.44 bits per heavy atom. The van der Waals surface area contributed by atoms with Crippen LogP contribution in [-0.2, 0) is 0 Å². The van der Waals surface area contributed by atoms with E-state index >= 15 is 0 Å². The molecule has 0 aliphatic carbocycles. The van der Waals surface area contributed by atoms with Crippen LogP contribution in [0.2, 0.25) is 0 Å². The van der Waals surface area contributed by atoms with Gasteiger partial charge in [-0.25, -0.2) is 4.98 Å². The zero-order valence-electron chi connectivity index (χ0n) is 11.5. The molecule has 1 unspecified atom stereocenters. The average molecular weight is 249 g/mol. The summed E-state index contributed by atoms with van der Waals surface area (Å²) in [6.45, 7) is 4.33. The number of aromatic nitrogens is 1. The van der Waals surface area contributed by atoms with Crippen molar-refractivity contribution in [3.8, 4) is 5.88 Å².